The molecule has 0 radical (unpaired) electrons. The lowest BCUT2D eigenvalue weighted by molar-refractivity contribution is 0.378. The lowest BCUT2D eigenvalue weighted by atomic mass is 10.1. The van der Waals surface area contributed by atoms with E-state index in [0.717, 1.165) is 48.6 Å². The number of guanidine groups is 1. The molecule has 4 rings (SSSR count). The molecule has 0 bridgehead atoms. The number of fused-ring (bicyclic) bond motifs is 1. The highest BCUT2D eigenvalue weighted by Gasteiger charge is 2.19. The molecule has 3 heterocycles. The van der Waals surface area contributed by atoms with Crippen LogP contribution < -0.4 is 10.6 Å². The van der Waals surface area contributed by atoms with Crippen LogP contribution >= 0.6 is 24.0 Å². The normalized spacial score (nSPS) is 14.9. The molecule has 8 heteroatoms. The van der Waals surface area contributed by atoms with E-state index >= 15 is 0 Å². The summed E-state index contributed by atoms with van der Waals surface area (Å²) in [4.78, 5) is 22.0. The van der Waals surface area contributed by atoms with E-state index < -0.39 is 0 Å². The minimum Gasteiger partial charge on any atom is -0.370 e. The Hall–Kier alpha value is -2.49. The molecular weight excluding hydrogens is 453 g/mol. The number of para-hydroxylation sites is 1. The van der Waals surface area contributed by atoms with Gasteiger partial charge in [0.15, 0.2) is 5.96 Å². The zero-order valence-electron chi connectivity index (χ0n) is 14.9. The highest BCUT2D eigenvalue weighted by atomic mass is 127. The van der Waals surface area contributed by atoms with Crippen LogP contribution in [0.5, 0.6) is 0 Å². The van der Waals surface area contributed by atoms with Crippen LogP contribution in [0.1, 0.15) is 5.56 Å². The third-order valence-corrected chi connectivity index (χ3v) is 4.57. The monoisotopic (exact) mass is 475 g/mol. The molecular formula is C19H22IN7. The zero-order valence-corrected chi connectivity index (χ0v) is 17.2. The molecule has 0 saturated carbocycles. The molecule has 7 nitrogen and oxygen atoms in total. The summed E-state index contributed by atoms with van der Waals surface area (Å²) in [6.07, 6.45) is 5.34. The number of rotatable bonds is 3. The van der Waals surface area contributed by atoms with E-state index in [9.17, 15) is 0 Å². The van der Waals surface area contributed by atoms with Gasteiger partial charge in [0.1, 0.15) is 0 Å². The molecule has 1 aliphatic rings. The molecule has 3 aromatic rings. The van der Waals surface area contributed by atoms with Crippen LogP contribution in [0.3, 0.4) is 0 Å². The zero-order chi connectivity index (χ0) is 17.8. The van der Waals surface area contributed by atoms with E-state index in [1.807, 2.05) is 24.4 Å². The average Bonchev–Trinajstić information content (AvgIpc) is 2.73. The maximum atomic E-state index is 6.23. The quantitative estimate of drug-likeness (QED) is 0.356. The SMILES string of the molecule is I.NC(=NCc1cccc2cccnc12)N1CCN(c2ncccn2)CC1. The number of benzene rings is 1. The van der Waals surface area contributed by atoms with Crippen molar-refractivity contribution < 1.29 is 0 Å². The Morgan fingerprint density at radius 1 is 0.926 bits per heavy atom. The predicted molar refractivity (Wildman–Crippen MR) is 118 cm³/mol. The van der Waals surface area contributed by atoms with Gasteiger partial charge in [0.2, 0.25) is 5.95 Å². The highest BCUT2D eigenvalue weighted by Crippen LogP contribution is 2.17. The second-order valence-corrected chi connectivity index (χ2v) is 6.19. The van der Waals surface area contributed by atoms with E-state index in [1.54, 1.807) is 12.4 Å². The van der Waals surface area contributed by atoms with E-state index in [4.69, 9.17) is 5.73 Å². The number of aliphatic imine (C=N–C) groups is 1. The van der Waals surface area contributed by atoms with Crippen LogP contribution in [0, 0.1) is 0 Å². The van der Waals surface area contributed by atoms with Crippen LogP contribution in [-0.2, 0) is 6.54 Å². The molecule has 0 atom stereocenters. The number of piperazine rings is 1. The summed E-state index contributed by atoms with van der Waals surface area (Å²) in [6.45, 7) is 3.80. The fraction of sp³-hybridized carbons (Fsp3) is 0.263. The number of aromatic nitrogens is 3. The molecule has 1 aliphatic heterocycles. The van der Waals surface area contributed by atoms with Crippen molar-refractivity contribution in [2.24, 2.45) is 10.7 Å². The van der Waals surface area contributed by atoms with Gasteiger partial charge in [-0.25, -0.2) is 15.0 Å². The summed E-state index contributed by atoms with van der Waals surface area (Å²) in [6, 6.07) is 12.0. The Balaban J connectivity index is 0.00000210. The van der Waals surface area contributed by atoms with Gasteiger partial charge in [-0.1, -0.05) is 24.3 Å². The van der Waals surface area contributed by atoms with Gasteiger partial charge in [-0.05, 0) is 17.7 Å². The topological polar surface area (TPSA) is 83.5 Å². The first-order valence-electron chi connectivity index (χ1n) is 8.71. The Morgan fingerprint density at radius 2 is 1.63 bits per heavy atom. The van der Waals surface area contributed by atoms with Gasteiger partial charge < -0.3 is 15.5 Å². The van der Waals surface area contributed by atoms with Crippen LogP contribution in [0.4, 0.5) is 5.95 Å². The van der Waals surface area contributed by atoms with E-state index in [1.165, 1.54) is 0 Å². The number of pyridine rings is 1. The van der Waals surface area contributed by atoms with Gasteiger partial charge in [-0.3, -0.25) is 4.98 Å². The average molecular weight is 475 g/mol. The van der Waals surface area contributed by atoms with E-state index in [2.05, 4.69) is 47.9 Å². The third kappa shape index (κ3) is 4.44. The van der Waals surface area contributed by atoms with Gasteiger partial charge in [0, 0.05) is 50.2 Å². The summed E-state index contributed by atoms with van der Waals surface area (Å²) < 4.78 is 0. The molecule has 1 aromatic carbocycles. The van der Waals surface area contributed by atoms with Gasteiger partial charge >= 0.3 is 0 Å². The van der Waals surface area contributed by atoms with Crippen molar-refractivity contribution in [3.8, 4) is 0 Å². The molecule has 1 saturated heterocycles. The molecule has 27 heavy (non-hydrogen) atoms. The lowest BCUT2D eigenvalue weighted by Crippen LogP contribution is -2.51. The second-order valence-electron chi connectivity index (χ2n) is 6.19. The maximum absolute atomic E-state index is 6.23. The molecule has 0 unspecified atom stereocenters. The second kappa shape index (κ2) is 8.94. The van der Waals surface area contributed by atoms with Crippen molar-refractivity contribution >= 4 is 46.8 Å². The first-order valence-corrected chi connectivity index (χ1v) is 8.71. The van der Waals surface area contributed by atoms with Gasteiger partial charge in [0.05, 0.1) is 12.1 Å². The smallest absolute Gasteiger partial charge is 0.225 e. The number of hydrogen-bond donors (Lipinski definition) is 1. The largest absolute Gasteiger partial charge is 0.370 e. The molecule has 0 amide bonds. The first-order chi connectivity index (χ1) is 12.8. The summed E-state index contributed by atoms with van der Waals surface area (Å²) in [5, 5.41) is 1.12. The lowest BCUT2D eigenvalue weighted by Gasteiger charge is -2.35. The number of nitrogens with zero attached hydrogens (tertiary/aromatic N) is 6. The summed E-state index contributed by atoms with van der Waals surface area (Å²) >= 11 is 0. The third-order valence-electron chi connectivity index (χ3n) is 4.57. The fourth-order valence-corrected chi connectivity index (χ4v) is 3.15. The minimum absolute atomic E-state index is 0. The van der Waals surface area contributed by atoms with Crippen molar-refractivity contribution in [3.05, 3.63) is 60.6 Å². The standard InChI is InChI=1S/C19H21N7.HI/c20-18(24-14-16-5-1-4-15-6-2-7-21-17(15)16)25-10-12-26(13-11-25)19-22-8-3-9-23-19;/h1-9H,10-14H2,(H2,20,24);1H. The molecule has 0 aliphatic carbocycles. The number of hydrogen-bond acceptors (Lipinski definition) is 5. The Morgan fingerprint density at radius 3 is 2.41 bits per heavy atom. The molecule has 0 spiro atoms. The van der Waals surface area contributed by atoms with Crippen LogP contribution in [0.25, 0.3) is 10.9 Å². The summed E-state index contributed by atoms with van der Waals surface area (Å²) in [7, 11) is 0. The fourth-order valence-electron chi connectivity index (χ4n) is 3.15. The van der Waals surface area contributed by atoms with Crippen molar-refractivity contribution in [3.63, 3.8) is 0 Å². The number of halogens is 1. The summed E-state index contributed by atoms with van der Waals surface area (Å²) in [5.41, 5.74) is 8.30. The van der Waals surface area contributed by atoms with E-state index in [0.29, 0.717) is 12.5 Å². The van der Waals surface area contributed by atoms with Crippen molar-refractivity contribution in [2.45, 2.75) is 6.54 Å². The van der Waals surface area contributed by atoms with Crippen LogP contribution in [-0.4, -0.2) is 52.0 Å². The molecule has 140 valence electrons. The maximum Gasteiger partial charge on any atom is 0.225 e. The predicted octanol–water partition coefficient (Wildman–Crippen LogP) is 2.28. The highest BCUT2D eigenvalue weighted by molar-refractivity contribution is 14.0. The van der Waals surface area contributed by atoms with E-state index in [-0.39, 0.29) is 24.0 Å². The summed E-state index contributed by atoms with van der Waals surface area (Å²) in [5.74, 6) is 1.34. The van der Waals surface area contributed by atoms with Crippen molar-refractivity contribution in [1.82, 2.24) is 19.9 Å². The Kier molecular flexibility index (Phi) is 6.38. The molecule has 2 aromatic heterocycles. The van der Waals surface area contributed by atoms with Crippen LogP contribution in [0.2, 0.25) is 0 Å². The number of anilines is 1. The van der Waals surface area contributed by atoms with Crippen molar-refractivity contribution in [1.29, 1.82) is 0 Å². The van der Waals surface area contributed by atoms with Gasteiger partial charge in [0.25, 0.3) is 0 Å². The Labute approximate surface area is 175 Å². The van der Waals surface area contributed by atoms with Gasteiger partial charge in [-0.15, -0.1) is 24.0 Å². The molecule has 1 fully saturated rings. The first kappa shape index (κ1) is 19.3. The minimum atomic E-state index is 0. The molecule has 2 N–H and O–H groups in total. The van der Waals surface area contributed by atoms with Crippen molar-refractivity contribution in [2.75, 3.05) is 31.1 Å². The Bertz CT molecular complexity index is 903. The van der Waals surface area contributed by atoms with Crippen LogP contribution in [0.15, 0.2) is 60.0 Å². The number of nitrogens with two attached hydrogens (primary N) is 1. The van der Waals surface area contributed by atoms with Gasteiger partial charge in [-0.2, -0.15) is 0 Å².